The van der Waals surface area contributed by atoms with Crippen LogP contribution < -0.4 is 5.11 Å². The van der Waals surface area contributed by atoms with Crippen molar-refractivity contribution in [3.8, 4) is 0 Å². The van der Waals surface area contributed by atoms with Gasteiger partial charge in [0.2, 0.25) is 0 Å². The maximum atomic E-state index is 11.7. The lowest BCUT2D eigenvalue weighted by Crippen LogP contribution is -2.58. The van der Waals surface area contributed by atoms with Gasteiger partial charge in [-0.15, -0.1) is 0 Å². The van der Waals surface area contributed by atoms with E-state index in [1.807, 2.05) is 39.3 Å². The second kappa shape index (κ2) is 8.18. The number of hydrogen-bond acceptors (Lipinski definition) is 2. The van der Waals surface area contributed by atoms with Crippen LogP contribution in [0.15, 0.2) is 30.3 Å². The Hall–Kier alpha value is -1.35. The average Bonchev–Trinajstić information content (AvgIpc) is 2.38. The summed E-state index contributed by atoms with van der Waals surface area (Å²) in [7, 11) is 5.83. The van der Waals surface area contributed by atoms with Gasteiger partial charge in [0, 0.05) is 5.92 Å². The predicted molar refractivity (Wildman–Crippen MR) is 84.6 cm³/mol. The first-order valence-corrected chi connectivity index (χ1v) is 7.92. The highest BCUT2D eigenvalue weighted by Crippen LogP contribution is 2.24. The Morgan fingerprint density at radius 3 is 2.24 bits per heavy atom. The number of quaternary nitrogens is 1. The number of carbonyl (C=O) groups excluding carboxylic acids is 1. The van der Waals surface area contributed by atoms with Crippen molar-refractivity contribution in [2.45, 2.75) is 45.1 Å². The van der Waals surface area contributed by atoms with Crippen molar-refractivity contribution in [2.75, 3.05) is 21.1 Å². The summed E-state index contributed by atoms with van der Waals surface area (Å²) >= 11 is 0. The van der Waals surface area contributed by atoms with E-state index >= 15 is 0 Å². The van der Waals surface area contributed by atoms with Crippen LogP contribution >= 0.6 is 0 Å². The van der Waals surface area contributed by atoms with Gasteiger partial charge in [0.25, 0.3) is 0 Å². The molecule has 0 aliphatic rings. The molecule has 0 aliphatic heterocycles. The van der Waals surface area contributed by atoms with Crippen molar-refractivity contribution < 1.29 is 14.4 Å². The molecule has 0 aromatic heterocycles. The van der Waals surface area contributed by atoms with Gasteiger partial charge in [0.15, 0.2) is 0 Å². The van der Waals surface area contributed by atoms with Gasteiger partial charge >= 0.3 is 0 Å². The van der Waals surface area contributed by atoms with Crippen LogP contribution in [0.5, 0.6) is 0 Å². The lowest BCUT2D eigenvalue weighted by atomic mass is 9.86. The van der Waals surface area contributed by atoms with E-state index in [0.717, 1.165) is 32.1 Å². The van der Waals surface area contributed by atoms with E-state index in [2.05, 4.69) is 19.1 Å². The minimum absolute atomic E-state index is 0.115. The first-order valence-electron chi connectivity index (χ1n) is 7.92. The molecular weight excluding hydrogens is 262 g/mol. The molecule has 0 heterocycles. The summed E-state index contributed by atoms with van der Waals surface area (Å²) in [5.41, 5.74) is 1.21. The van der Waals surface area contributed by atoms with Gasteiger partial charge in [-0.2, -0.15) is 0 Å². The van der Waals surface area contributed by atoms with Gasteiger partial charge in [0.1, 0.15) is 6.04 Å². The molecule has 0 radical (unpaired) electrons. The molecule has 1 aromatic carbocycles. The normalized spacial score (nSPS) is 14.7. The van der Waals surface area contributed by atoms with E-state index in [4.69, 9.17) is 0 Å². The maximum absolute atomic E-state index is 11.7. The van der Waals surface area contributed by atoms with E-state index in [0.29, 0.717) is 4.48 Å². The van der Waals surface area contributed by atoms with Crippen molar-refractivity contribution in [3.05, 3.63) is 35.9 Å². The fourth-order valence-electron chi connectivity index (χ4n) is 3.09. The van der Waals surface area contributed by atoms with E-state index in [9.17, 15) is 9.90 Å². The van der Waals surface area contributed by atoms with Crippen LogP contribution in [0, 0.1) is 5.92 Å². The topological polar surface area (TPSA) is 40.1 Å². The van der Waals surface area contributed by atoms with Crippen LogP contribution in [0.1, 0.15) is 38.2 Å². The predicted octanol–water partition coefficient (Wildman–Crippen LogP) is 2.25. The van der Waals surface area contributed by atoms with Crippen molar-refractivity contribution in [3.63, 3.8) is 0 Å². The smallest absolute Gasteiger partial charge is 0.132 e. The largest absolute Gasteiger partial charge is 0.544 e. The zero-order valence-corrected chi connectivity index (χ0v) is 13.8. The van der Waals surface area contributed by atoms with E-state index in [1.165, 1.54) is 5.56 Å². The van der Waals surface area contributed by atoms with Crippen LogP contribution in [0.25, 0.3) is 0 Å². The molecule has 0 fully saturated rings. The molecule has 0 aliphatic carbocycles. The Balaban J connectivity index is 2.91. The number of carboxylic acid groups (broad SMARTS) is 1. The summed E-state index contributed by atoms with van der Waals surface area (Å²) < 4.78 is 0.409. The van der Waals surface area contributed by atoms with Gasteiger partial charge in [0.05, 0.1) is 27.1 Å². The third-order valence-electron chi connectivity index (χ3n) is 4.04. The van der Waals surface area contributed by atoms with E-state index < -0.39 is 12.0 Å². The highest BCUT2D eigenvalue weighted by molar-refractivity contribution is 5.70. The third kappa shape index (κ3) is 5.88. The summed E-state index contributed by atoms with van der Waals surface area (Å²) in [5.74, 6) is -0.816. The van der Waals surface area contributed by atoms with Crippen molar-refractivity contribution >= 4 is 5.97 Å². The summed E-state index contributed by atoms with van der Waals surface area (Å²) in [5, 5.41) is 11.7. The molecule has 0 amide bonds. The van der Waals surface area contributed by atoms with E-state index in [1.54, 1.807) is 0 Å². The first kappa shape index (κ1) is 17.7. The van der Waals surface area contributed by atoms with Crippen LogP contribution in [0.2, 0.25) is 0 Å². The van der Waals surface area contributed by atoms with Gasteiger partial charge in [-0.1, -0.05) is 56.5 Å². The van der Waals surface area contributed by atoms with Gasteiger partial charge in [-0.3, -0.25) is 0 Å². The molecule has 3 heteroatoms. The average molecular weight is 291 g/mol. The Kier molecular flexibility index (Phi) is 6.90. The Bertz CT molecular complexity index is 423. The second-order valence-corrected chi connectivity index (χ2v) is 6.83. The van der Waals surface area contributed by atoms with Gasteiger partial charge in [-0.25, -0.2) is 0 Å². The number of benzene rings is 1. The number of nitrogens with zero attached hydrogens (tertiary/aromatic N) is 1. The molecule has 0 spiro atoms. The highest BCUT2D eigenvalue weighted by Gasteiger charge is 2.33. The van der Waals surface area contributed by atoms with E-state index in [-0.39, 0.29) is 5.92 Å². The van der Waals surface area contributed by atoms with Crippen molar-refractivity contribution in [2.24, 2.45) is 5.92 Å². The summed E-state index contributed by atoms with van der Waals surface area (Å²) in [4.78, 5) is 11.7. The highest BCUT2D eigenvalue weighted by atomic mass is 16.4. The minimum atomic E-state index is -0.931. The van der Waals surface area contributed by atoms with Crippen LogP contribution in [-0.4, -0.2) is 37.6 Å². The lowest BCUT2D eigenvalue weighted by Gasteiger charge is -2.40. The fourth-order valence-corrected chi connectivity index (χ4v) is 3.09. The number of carbonyl (C=O) groups is 1. The summed E-state index contributed by atoms with van der Waals surface area (Å²) in [6, 6.07) is 9.70. The SMILES string of the molecule is CCCCCC(Cc1ccccc1)C(C(=O)[O-])[N+](C)(C)C. The van der Waals surface area contributed by atoms with Gasteiger partial charge < -0.3 is 14.4 Å². The monoisotopic (exact) mass is 291 g/mol. The number of likely N-dealkylation sites (N-methyl/N-ethyl adjacent to an activating group) is 1. The third-order valence-corrected chi connectivity index (χ3v) is 4.04. The standard InChI is InChI=1S/C18H29NO2/c1-5-6-8-13-16(14-15-11-9-7-10-12-15)17(18(20)21)19(2,3)4/h7,9-12,16-17H,5-6,8,13-14H2,1-4H3. The quantitative estimate of drug-likeness (QED) is 0.517. The molecule has 2 atom stereocenters. The molecule has 0 saturated heterocycles. The van der Waals surface area contributed by atoms with Crippen LogP contribution in [0.3, 0.4) is 0 Å². The Morgan fingerprint density at radius 2 is 1.76 bits per heavy atom. The van der Waals surface area contributed by atoms with Crippen molar-refractivity contribution in [1.82, 2.24) is 0 Å². The summed E-state index contributed by atoms with van der Waals surface area (Å²) in [6.45, 7) is 2.17. The minimum Gasteiger partial charge on any atom is -0.544 e. The number of unbranched alkanes of at least 4 members (excludes halogenated alkanes) is 2. The van der Waals surface area contributed by atoms with Crippen LogP contribution in [0.4, 0.5) is 0 Å². The number of carboxylic acids is 1. The molecule has 0 bridgehead atoms. The van der Waals surface area contributed by atoms with Crippen LogP contribution in [-0.2, 0) is 11.2 Å². The molecule has 118 valence electrons. The number of hydrogen-bond donors (Lipinski definition) is 0. The maximum Gasteiger partial charge on any atom is 0.132 e. The molecule has 0 N–H and O–H groups in total. The van der Waals surface area contributed by atoms with Crippen molar-refractivity contribution in [1.29, 1.82) is 0 Å². The molecule has 2 unspecified atom stereocenters. The lowest BCUT2D eigenvalue weighted by molar-refractivity contribution is -0.893. The zero-order valence-electron chi connectivity index (χ0n) is 13.8. The number of rotatable bonds is 9. The molecule has 1 aromatic rings. The second-order valence-electron chi connectivity index (χ2n) is 6.83. The molecule has 0 saturated carbocycles. The summed E-state index contributed by atoms with van der Waals surface area (Å²) in [6.07, 6.45) is 5.13. The molecule has 3 nitrogen and oxygen atoms in total. The Morgan fingerprint density at radius 1 is 1.14 bits per heavy atom. The molecule has 1 rings (SSSR count). The molecule has 21 heavy (non-hydrogen) atoms. The Labute approximate surface area is 129 Å². The number of aliphatic carboxylic acids is 1. The zero-order chi connectivity index (χ0) is 15.9. The van der Waals surface area contributed by atoms with Gasteiger partial charge in [-0.05, 0) is 18.4 Å². The molecular formula is C18H29NO2. The fraction of sp³-hybridized carbons (Fsp3) is 0.611. The first-order chi connectivity index (χ1) is 9.86.